The summed E-state index contributed by atoms with van der Waals surface area (Å²) in [5.41, 5.74) is 0. The molecule has 3 aliphatic rings. The van der Waals surface area contributed by atoms with Crippen LogP contribution in [0.3, 0.4) is 0 Å². The van der Waals surface area contributed by atoms with Crippen molar-refractivity contribution in [1.29, 1.82) is 0 Å². The molecule has 0 radical (unpaired) electrons. The fraction of sp³-hybridized carbons (Fsp3) is 0.941. The molecule has 0 aromatic rings. The van der Waals surface area contributed by atoms with E-state index in [4.69, 9.17) is 0 Å². The molecule has 7 heteroatoms. The van der Waals surface area contributed by atoms with Crippen molar-refractivity contribution >= 4 is 6.03 Å². The number of amides is 2. The Kier molecular flexibility index (Phi) is 5.57. The van der Waals surface area contributed by atoms with E-state index < -0.39 is 12.7 Å². The van der Waals surface area contributed by atoms with Crippen LogP contribution in [0.15, 0.2) is 0 Å². The molecule has 0 unspecified atom stereocenters. The average molecular weight is 347 g/mol. The van der Waals surface area contributed by atoms with Gasteiger partial charge in [0.15, 0.2) is 0 Å². The second kappa shape index (κ2) is 7.50. The molecule has 4 nitrogen and oxygen atoms in total. The lowest BCUT2D eigenvalue weighted by molar-refractivity contribution is -0.143. The maximum Gasteiger partial charge on any atom is 0.401 e. The number of likely N-dealkylation sites (tertiary alicyclic amines) is 1. The first kappa shape index (κ1) is 17.8. The summed E-state index contributed by atoms with van der Waals surface area (Å²) in [6.45, 7) is -0.224. The van der Waals surface area contributed by atoms with Crippen LogP contribution in [-0.4, -0.2) is 48.8 Å². The first-order valence-corrected chi connectivity index (χ1v) is 9.25. The van der Waals surface area contributed by atoms with Crippen molar-refractivity contribution in [3.05, 3.63) is 0 Å². The van der Waals surface area contributed by atoms with Crippen LogP contribution >= 0.6 is 0 Å². The average Bonchev–Trinajstić information content (AvgIpc) is 2.91. The number of urea groups is 1. The van der Waals surface area contributed by atoms with Gasteiger partial charge in [-0.3, -0.25) is 4.90 Å². The van der Waals surface area contributed by atoms with E-state index in [0.717, 1.165) is 24.7 Å². The number of carbonyl (C=O) groups is 1. The van der Waals surface area contributed by atoms with Crippen LogP contribution in [0.4, 0.5) is 18.0 Å². The maximum absolute atomic E-state index is 12.4. The van der Waals surface area contributed by atoms with E-state index >= 15 is 0 Å². The van der Waals surface area contributed by atoms with Gasteiger partial charge in [0, 0.05) is 25.2 Å². The van der Waals surface area contributed by atoms with Gasteiger partial charge in [-0.25, -0.2) is 4.79 Å². The molecule has 2 saturated carbocycles. The van der Waals surface area contributed by atoms with E-state index in [0.29, 0.717) is 13.0 Å². The number of carbonyl (C=O) groups excluding carboxylic acids is 1. The molecule has 0 spiro atoms. The highest BCUT2D eigenvalue weighted by atomic mass is 19.4. The lowest BCUT2D eigenvalue weighted by atomic mass is 9.69. The first-order valence-electron chi connectivity index (χ1n) is 9.25. The van der Waals surface area contributed by atoms with Crippen LogP contribution in [0, 0.1) is 11.8 Å². The Morgan fingerprint density at radius 1 is 0.958 bits per heavy atom. The lowest BCUT2D eigenvalue weighted by Gasteiger charge is -2.39. The Balaban J connectivity index is 1.38. The Morgan fingerprint density at radius 3 is 2.42 bits per heavy atom. The van der Waals surface area contributed by atoms with Crippen molar-refractivity contribution in [3.63, 3.8) is 0 Å². The normalized spacial score (nSPS) is 34.6. The van der Waals surface area contributed by atoms with Gasteiger partial charge in [0.25, 0.3) is 0 Å². The van der Waals surface area contributed by atoms with Crippen LogP contribution in [-0.2, 0) is 0 Å². The van der Waals surface area contributed by atoms with Gasteiger partial charge in [0.2, 0.25) is 0 Å². The summed E-state index contributed by atoms with van der Waals surface area (Å²) in [6.07, 6.45) is 4.95. The van der Waals surface area contributed by atoms with Crippen LogP contribution in [0.1, 0.15) is 51.4 Å². The van der Waals surface area contributed by atoms with Gasteiger partial charge in [-0.2, -0.15) is 13.2 Å². The Labute approximate surface area is 141 Å². The topological polar surface area (TPSA) is 44.4 Å². The molecular weight excluding hydrogens is 319 g/mol. The summed E-state index contributed by atoms with van der Waals surface area (Å²) in [5.74, 6) is 1.58. The number of alkyl halides is 3. The van der Waals surface area contributed by atoms with Crippen LogP contribution in [0.2, 0.25) is 0 Å². The highest BCUT2D eigenvalue weighted by Crippen LogP contribution is 2.40. The molecular formula is C17H28F3N3O. The molecule has 2 amide bonds. The molecule has 2 aliphatic carbocycles. The molecule has 0 aromatic heterocycles. The number of rotatable bonds is 3. The molecule has 24 heavy (non-hydrogen) atoms. The minimum atomic E-state index is -4.17. The van der Waals surface area contributed by atoms with E-state index in [2.05, 4.69) is 10.6 Å². The summed E-state index contributed by atoms with van der Waals surface area (Å²) >= 11 is 0. The molecule has 138 valence electrons. The zero-order valence-corrected chi connectivity index (χ0v) is 14.1. The van der Waals surface area contributed by atoms with Crippen molar-refractivity contribution in [1.82, 2.24) is 15.5 Å². The predicted molar refractivity (Wildman–Crippen MR) is 85.7 cm³/mol. The van der Waals surface area contributed by atoms with Gasteiger partial charge in [-0.15, -0.1) is 0 Å². The molecule has 3 rings (SSSR count). The summed E-state index contributed by atoms with van der Waals surface area (Å²) in [6, 6.07) is -0.177. The number of hydrogen-bond acceptors (Lipinski definition) is 2. The number of fused-ring (bicyclic) bond motifs is 1. The monoisotopic (exact) mass is 347 g/mol. The van der Waals surface area contributed by atoms with Gasteiger partial charge in [0.1, 0.15) is 0 Å². The van der Waals surface area contributed by atoms with Gasteiger partial charge in [0.05, 0.1) is 6.54 Å². The second-order valence-corrected chi connectivity index (χ2v) is 7.77. The predicted octanol–water partition coefficient (Wildman–Crippen LogP) is 3.28. The SMILES string of the molecule is O=C(N[C@@H]1CC[C@@H]2CCCC[C@H]2C1)N[C@@H]1CCN(CC(F)(F)F)C1. The van der Waals surface area contributed by atoms with E-state index in [1.165, 1.54) is 37.0 Å². The van der Waals surface area contributed by atoms with Crippen molar-refractivity contribution in [2.75, 3.05) is 19.6 Å². The quantitative estimate of drug-likeness (QED) is 0.823. The van der Waals surface area contributed by atoms with Crippen molar-refractivity contribution < 1.29 is 18.0 Å². The van der Waals surface area contributed by atoms with Gasteiger partial charge in [-0.05, 0) is 37.5 Å². The highest BCUT2D eigenvalue weighted by Gasteiger charge is 2.35. The second-order valence-electron chi connectivity index (χ2n) is 7.77. The van der Waals surface area contributed by atoms with Crippen molar-refractivity contribution in [2.45, 2.75) is 69.6 Å². The minimum Gasteiger partial charge on any atom is -0.335 e. The zero-order valence-electron chi connectivity index (χ0n) is 14.1. The third-order valence-corrected chi connectivity index (χ3v) is 5.89. The largest absolute Gasteiger partial charge is 0.401 e. The smallest absolute Gasteiger partial charge is 0.335 e. The number of halogens is 3. The minimum absolute atomic E-state index is 0.182. The van der Waals surface area contributed by atoms with Gasteiger partial charge >= 0.3 is 12.2 Å². The van der Waals surface area contributed by atoms with E-state index in [9.17, 15) is 18.0 Å². The third-order valence-electron chi connectivity index (χ3n) is 5.89. The standard InChI is InChI=1S/C17H28F3N3O/c18-17(19,20)11-23-8-7-15(10-23)22-16(24)21-14-6-5-12-3-1-2-4-13(12)9-14/h12-15H,1-11H2,(H2,21,22,24)/t12-,13-,14+,15+/m0/s1. The highest BCUT2D eigenvalue weighted by molar-refractivity contribution is 5.74. The third kappa shape index (κ3) is 5.01. The summed E-state index contributed by atoms with van der Waals surface area (Å²) in [4.78, 5) is 13.5. The first-order chi connectivity index (χ1) is 11.4. The fourth-order valence-corrected chi connectivity index (χ4v) is 4.76. The molecule has 2 N–H and O–H groups in total. The number of hydrogen-bond donors (Lipinski definition) is 2. The van der Waals surface area contributed by atoms with Crippen molar-refractivity contribution in [3.8, 4) is 0 Å². The summed E-state index contributed by atoms with van der Waals surface area (Å²) < 4.78 is 37.2. The van der Waals surface area contributed by atoms with E-state index in [-0.39, 0.29) is 24.7 Å². The van der Waals surface area contributed by atoms with Crippen molar-refractivity contribution in [2.24, 2.45) is 11.8 Å². The molecule has 1 saturated heterocycles. The zero-order chi connectivity index (χ0) is 17.2. The number of nitrogens with one attached hydrogen (secondary N) is 2. The molecule has 0 aromatic carbocycles. The van der Waals surface area contributed by atoms with Gasteiger partial charge < -0.3 is 10.6 Å². The van der Waals surface area contributed by atoms with Crippen LogP contribution < -0.4 is 10.6 Å². The molecule has 4 atom stereocenters. The summed E-state index contributed by atoms with van der Waals surface area (Å²) in [5, 5.41) is 5.91. The molecule has 1 aliphatic heterocycles. The van der Waals surface area contributed by atoms with E-state index in [1.54, 1.807) is 0 Å². The number of nitrogens with zero attached hydrogens (tertiary/aromatic N) is 1. The van der Waals surface area contributed by atoms with Crippen LogP contribution in [0.5, 0.6) is 0 Å². The fourth-order valence-electron chi connectivity index (χ4n) is 4.76. The van der Waals surface area contributed by atoms with Gasteiger partial charge in [-0.1, -0.05) is 25.7 Å². The summed E-state index contributed by atoms with van der Waals surface area (Å²) in [7, 11) is 0. The lowest BCUT2D eigenvalue weighted by Crippen LogP contribution is -2.49. The molecule has 3 fully saturated rings. The van der Waals surface area contributed by atoms with Crippen LogP contribution in [0.25, 0.3) is 0 Å². The Morgan fingerprint density at radius 2 is 1.67 bits per heavy atom. The van der Waals surface area contributed by atoms with E-state index in [1.807, 2.05) is 0 Å². The Hall–Kier alpha value is -0.980. The molecule has 1 heterocycles. The molecule has 0 bridgehead atoms. The maximum atomic E-state index is 12.4. The Bertz CT molecular complexity index is 443.